The molecular weight excluding hydrogens is 316 g/mol. The van der Waals surface area contributed by atoms with E-state index in [-0.39, 0.29) is 5.78 Å². The molecule has 2 aromatic carbocycles. The number of carbonyl (C=O) groups excluding carboxylic acids is 1. The Morgan fingerprint density at radius 2 is 1.56 bits per heavy atom. The summed E-state index contributed by atoms with van der Waals surface area (Å²) >= 11 is 0. The lowest BCUT2D eigenvalue weighted by Gasteiger charge is -2.12. The second-order valence-corrected chi connectivity index (χ2v) is 6.01. The van der Waals surface area contributed by atoms with Gasteiger partial charge in [-0.25, -0.2) is 0 Å². The Bertz CT molecular complexity index is 775. The first-order valence-corrected chi connectivity index (χ1v) is 8.39. The number of ether oxygens (including phenoxy) is 3. The summed E-state index contributed by atoms with van der Waals surface area (Å²) in [5, 5.41) is 0. The molecule has 4 bridgehead atoms. The molecule has 0 atom stereocenters. The van der Waals surface area contributed by atoms with E-state index >= 15 is 0 Å². The summed E-state index contributed by atoms with van der Waals surface area (Å²) in [6, 6.07) is 13.7. The van der Waals surface area contributed by atoms with Gasteiger partial charge in [0, 0.05) is 18.9 Å². The Kier molecular flexibility index (Phi) is 5.39. The average Bonchev–Trinajstić information content (AvgIpc) is 2.64. The molecule has 4 rings (SSSR count). The molecular formula is C21H22O4. The van der Waals surface area contributed by atoms with Crippen LogP contribution in [0, 0.1) is 0 Å². The van der Waals surface area contributed by atoms with Crippen LogP contribution in [0.2, 0.25) is 0 Å². The van der Waals surface area contributed by atoms with Gasteiger partial charge in [-0.3, -0.25) is 4.79 Å². The van der Waals surface area contributed by atoms with E-state index < -0.39 is 0 Å². The molecule has 0 fully saturated rings. The summed E-state index contributed by atoms with van der Waals surface area (Å²) in [6.45, 7) is 0. The van der Waals surface area contributed by atoms with Crippen LogP contribution in [0.5, 0.6) is 17.2 Å². The van der Waals surface area contributed by atoms with Crippen LogP contribution in [0.3, 0.4) is 0 Å². The van der Waals surface area contributed by atoms with Crippen molar-refractivity contribution in [1.82, 2.24) is 0 Å². The number of methoxy groups -OCH3 is 2. The second-order valence-electron chi connectivity index (χ2n) is 6.01. The second kappa shape index (κ2) is 7.88. The van der Waals surface area contributed by atoms with Crippen LogP contribution in [0.4, 0.5) is 0 Å². The molecule has 0 spiro atoms. The zero-order valence-corrected chi connectivity index (χ0v) is 14.6. The van der Waals surface area contributed by atoms with Crippen molar-refractivity contribution in [1.29, 1.82) is 0 Å². The van der Waals surface area contributed by atoms with Crippen molar-refractivity contribution in [2.45, 2.75) is 25.7 Å². The van der Waals surface area contributed by atoms with E-state index in [0.29, 0.717) is 30.8 Å². The van der Waals surface area contributed by atoms with Gasteiger partial charge in [-0.15, -0.1) is 0 Å². The first-order chi connectivity index (χ1) is 12.2. The van der Waals surface area contributed by atoms with Crippen molar-refractivity contribution in [3.63, 3.8) is 0 Å². The lowest BCUT2D eigenvalue weighted by Crippen LogP contribution is -2.00. The van der Waals surface area contributed by atoms with Gasteiger partial charge in [0.1, 0.15) is 5.75 Å². The Labute approximate surface area is 148 Å². The summed E-state index contributed by atoms with van der Waals surface area (Å²) in [5.41, 5.74) is 2.20. The molecule has 0 unspecified atom stereocenters. The van der Waals surface area contributed by atoms with Gasteiger partial charge >= 0.3 is 0 Å². The molecule has 130 valence electrons. The van der Waals surface area contributed by atoms with Gasteiger partial charge < -0.3 is 14.2 Å². The number of ketones is 1. The Balaban J connectivity index is 1.97. The standard InChI is InChI=1S/C21H22O4/c1-23-19-11-6-15-4-9-18(10-5-15)25-21-13-16(3-8-17(22)14-19)7-12-20(21)24-2/h4-5,7,9-10,12-14H,3,6,8,11H2,1-2H3/b19-14-. The van der Waals surface area contributed by atoms with Gasteiger partial charge in [0.2, 0.25) is 0 Å². The molecule has 4 nitrogen and oxygen atoms in total. The van der Waals surface area contributed by atoms with Crippen molar-refractivity contribution in [2.24, 2.45) is 0 Å². The van der Waals surface area contributed by atoms with Crippen LogP contribution in [0.25, 0.3) is 0 Å². The zero-order valence-electron chi connectivity index (χ0n) is 14.6. The van der Waals surface area contributed by atoms with Gasteiger partial charge in [-0.2, -0.15) is 0 Å². The van der Waals surface area contributed by atoms with E-state index in [9.17, 15) is 4.79 Å². The van der Waals surface area contributed by atoms with Crippen LogP contribution in [-0.4, -0.2) is 20.0 Å². The molecule has 2 aromatic rings. The van der Waals surface area contributed by atoms with E-state index in [0.717, 1.165) is 23.5 Å². The molecule has 0 amide bonds. The number of rotatable bonds is 2. The van der Waals surface area contributed by atoms with Crippen molar-refractivity contribution >= 4 is 5.78 Å². The third-order valence-electron chi connectivity index (χ3n) is 4.28. The SMILES string of the molecule is CO/C1=C\C(=O)CCc2ccc(OC)c(c2)Oc2ccc(cc2)CC1. The van der Waals surface area contributed by atoms with Crippen molar-refractivity contribution in [3.8, 4) is 17.2 Å². The number of carbonyl (C=O) groups is 1. The van der Waals surface area contributed by atoms with Crippen LogP contribution in [0.15, 0.2) is 54.3 Å². The summed E-state index contributed by atoms with van der Waals surface area (Å²) in [7, 11) is 3.23. The molecule has 4 heteroatoms. The summed E-state index contributed by atoms with van der Waals surface area (Å²) < 4.78 is 16.7. The number of hydrogen-bond acceptors (Lipinski definition) is 4. The van der Waals surface area contributed by atoms with E-state index in [4.69, 9.17) is 14.2 Å². The minimum atomic E-state index is 0.0692. The number of fused-ring (bicyclic) bond motifs is 7. The van der Waals surface area contributed by atoms with Crippen LogP contribution in [0.1, 0.15) is 24.0 Å². The highest BCUT2D eigenvalue weighted by atomic mass is 16.5. The van der Waals surface area contributed by atoms with Gasteiger partial charge in [0.15, 0.2) is 17.3 Å². The highest BCUT2D eigenvalue weighted by Crippen LogP contribution is 2.33. The van der Waals surface area contributed by atoms with E-state index in [2.05, 4.69) is 0 Å². The molecule has 0 aliphatic carbocycles. The Hall–Kier alpha value is -2.75. The lowest BCUT2D eigenvalue weighted by molar-refractivity contribution is -0.114. The zero-order chi connectivity index (χ0) is 17.6. The topological polar surface area (TPSA) is 44.8 Å². The maximum Gasteiger partial charge on any atom is 0.169 e. The summed E-state index contributed by atoms with van der Waals surface area (Å²) in [4.78, 5) is 12.2. The minimum absolute atomic E-state index is 0.0692. The molecule has 25 heavy (non-hydrogen) atoms. The number of benzene rings is 2. The number of allylic oxidation sites excluding steroid dienone is 2. The van der Waals surface area contributed by atoms with E-state index in [1.165, 1.54) is 5.56 Å². The van der Waals surface area contributed by atoms with Crippen LogP contribution in [-0.2, 0) is 22.4 Å². The van der Waals surface area contributed by atoms with E-state index in [1.54, 1.807) is 20.3 Å². The largest absolute Gasteiger partial charge is 0.501 e. The lowest BCUT2D eigenvalue weighted by atomic mass is 10.1. The number of aryl methyl sites for hydroxylation is 2. The minimum Gasteiger partial charge on any atom is -0.501 e. The summed E-state index contributed by atoms with van der Waals surface area (Å²) in [6.07, 6.45) is 4.20. The fourth-order valence-corrected chi connectivity index (χ4v) is 2.83. The maximum absolute atomic E-state index is 12.2. The van der Waals surface area contributed by atoms with Crippen molar-refractivity contribution in [2.75, 3.05) is 14.2 Å². The molecule has 0 saturated heterocycles. The maximum atomic E-state index is 12.2. The first-order valence-electron chi connectivity index (χ1n) is 8.39. The summed E-state index contributed by atoms with van der Waals surface area (Å²) in [5.74, 6) is 2.87. The monoisotopic (exact) mass is 338 g/mol. The molecule has 0 saturated carbocycles. The predicted molar refractivity (Wildman–Crippen MR) is 96.3 cm³/mol. The number of hydrogen-bond donors (Lipinski definition) is 0. The molecule has 0 radical (unpaired) electrons. The highest BCUT2D eigenvalue weighted by molar-refractivity contribution is 5.90. The Morgan fingerprint density at radius 3 is 2.28 bits per heavy atom. The fourth-order valence-electron chi connectivity index (χ4n) is 2.83. The van der Waals surface area contributed by atoms with Gasteiger partial charge in [-0.1, -0.05) is 18.2 Å². The highest BCUT2D eigenvalue weighted by Gasteiger charge is 2.10. The third-order valence-corrected chi connectivity index (χ3v) is 4.28. The van der Waals surface area contributed by atoms with Gasteiger partial charge in [0.05, 0.1) is 20.0 Å². The molecule has 0 aromatic heterocycles. The smallest absolute Gasteiger partial charge is 0.169 e. The normalized spacial score (nSPS) is 16.9. The van der Waals surface area contributed by atoms with Crippen molar-refractivity contribution in [3.05, 3.63) is 65.4 Å². The predicted octanol–water partition coefficient (Wildman–Crippen LogP) is 4.47. The van der Waals surface area contributed by atoms with Crippen molar-refractivity contribution < 1.29 is 19.0 Å². The Morgan fingerprint density at radius 1 is 0.840 bits per heavy atom. The quantitative estimate of drug-likeness (QED) is 0.811. The van der Waals surface area contributed by atoms with E-state index in [1.807, 2.05) is 42.5 Å². The third kappa shape index (κ3) is 4.41. The fraction of sp³-hybridized carbons (Fsp3) is 0.286. The molecule has 0 N–H and O–H groups in total. The average molecular weight is 338 g/mol. The van der Waals surface area contributed by atoms with Crippen LogP contribution < -0.4 is 9.47 Å². The molecule has 2 heterocycles. The van der Waals surface area contributed by atoms with Gasteiger partial charge in [0.25, 0.3) is 0 Å². The van der Waals surface area contributed by atoms with Gasteiger partial charge in [-0.05, 0) is 48.2 Å². The molecule has 2 aliphatic heterocycles. The molecule has 2 aliphatic rings. The van der Waals surface area contributed by atoms with Crippen LogP contribution >= 0.6 is 0 Å². The first kappa shape index (κ1) is 17.1.